The van der Waals surface area contributed by atoms with Crippen molar-refractivity contribution in [2.45, 2.75) is 33.6 Å². The molecule has 0 amide bonds. The summed E-state index contributed by atoms with van der Waals surface area (Å²) < 4.78 is 1.90. The van der Waals surface area contributed by atoms with Crippen molar-refractivity contribution in [1.29, 1.82) is 0 Å². The monoisotopic (exact) mass is 190 g/mol. The first kappa shape index (κ1) is 10.8. The molecule has 0 N–H and O–H groups in total. The van der Waals surface area contributed by atoms with Crippen molar-refractivity contribution in [3.8, 4) is 0 Å². The first-order valence-corrected chi connectivity index (χ1v) is 5.07. The zero-order valence-corrected chi connectivity index (χ0v) is 9.25. The molecule has 14 heavy (non-hydrogen) atoms. The molecule has 0 saturated carbocycles. The van der Waals surface area contributed by atoms with Gasteiger partial charge in [-0.1, -0.05) is 26.0 Å². The molecule has 0 aliphatic rings. The Morgan fingerprint density at radius 1 is 1.50 bits per heavy atom. The number of hydrogen-bond donors (Lipinski definition) is 0. The van der Waals surface area contributed by atoms with Crippen molar-refractivity contribution in [2.24, 2.45) is 0 Å². The average molecular weight is 190 g/mol. The molecule has 0 atom stereocenters. The summed E-state index contributed by atoms with van der Waals surface area (Å²) in [5, 5.41) is 4.52. The predicted molar refractivity (Wildman–Crippen MR) is 62.1 cm³/mol. The first-order valence-electron chi connectivity index (χ1n) is 5.07. The van der Waals surface area contributed by atoms with Crippen molar-refractivity contribution in [3.05, 3.63) is 29.6 Å². The fourth-order valence-electron chi connectivity index (χ4n) is 1.55. The molecule has 2 heteroatoms. The third kappa shape index (κ3) is 1.95. The van der Waals surface area contributed by atoms with Crippen molar-refractivity contribution >= 4 is 12.3 Å². The zero-order valence-electron chi connectivity index (χ0n) is 9.25. The molecule has 0 unspecified atom stereocenters. The van der Waals surface area contributed by atoms with E-state index in [0.717, 1.165) is 18.5 Å². The van der Waals surface area contributed by atoms with E-state index in [9.17, 15) is 0 Å². The summed E-state index contributed by atoms with van der Waals surface area (Å²) >= 11 is 0. The normalized spacial score (nSPS) is 11.1. The summed E-state index contributed by atoms with van der Waals surface area (Å²) in [5.41, 5.74) is 3.53. The van der Waals surface area contributed by atoms with Gasteiger partial charge in [0.05, 0.1) is 11.4 Å². The SMILES string of the molecule is C=Cc1c(C)c(CCC)nn1/C=C\C. The van der Waals surface area contributed by atoms with Crippen molar-refractivity contribution < 1.29 is 0 Å². The molecular formula is C12H18N2. The van der Waals surface area contributed by atoms with Crippen molar-refractivity contribution in [2.75, 3.05) is 0 Å². The molecular weight excluding hydrogens is 172 g/mol. The quantitative estimate of drug-likeness (QED) is 0.712. The summed E-state index contributed by atoms with van der Waals surface area (Å²) in [6.45, 7) is 10.1. The van der Waals surface area contributed by atoms with E-state index in [4.69, 9.17) is 0 Å². The second-order valence-electron chi connectivity index (χ2n) is 3.34. The standard InChI is InChI=1S/C12H18N2/c1-5-8-11-10(4)12(7-3)14(13-11)9-6-2/h6-7,9H,3,5,8H2,1-2,4H3/b9-6-. The Labute approximate surface area is 85.9 Å². The Hall–Kier alpha value is -1.31. The van der Waals surface area contributed by atoms with Crippen LogP contribution in [-0.2, 0) is 6.42 Å². The summed E-state index contributed by atoms with van der Waals surface area (Å²) in [6.07, 6.45) is 7.97. The first-order chi connectivity index (χ1) is 6.74. The number of hydrogen-bond acceptors (Lipinski definition) is 1. The number of aromatic nitrogens is 2. The van der Waals surface area contributed by atoms with E-state index in [1.54, 1.807) is 0 Å². The van der Waals surface area contributed by atoms with Crippen LogP contribution in [-0.4, -0.2) is 9.78 Å². The van der Waals surface area contributed by atoms with Crippen LogP contribution in [0.4, 0.5) is 0 Å². The fourth-order valence-corrected chi connectivity index (χ4v) is 1.55. The van der Waals surface area contributed by atoms with E-state index in [-0.39, 0.29) is 0 Å². The summed E-state index contributed by atoms with van der Waals surface area (Å²) in [6, 6.07) is 0. The van der Waals surface area contributed by atoms with E-state index < -0.39 is 0 Å². The van der Waals surface area contributed by atoms with Crippen LogP contribution in [0.25, 0.3) is 12.3 Å². The third-order valence-electron chi connectivity index (χ3n) is 2.26. The molecule has 0 aliphatic heterocycles. The molecule has 0 aliphatic carbocycles. The molecule has 1 aromatic rings. The van der Waals surface area contributed by atoms with Crippen molar-refractivity contribution in [3.63, 3.8) is 0 Å². The van der Waals surface area contributed by atoms with Gasteiger partial charge in [0.15, 0.2) is 0 Å². The van der Waals surface area contributed by atoms with Crippen LogP contribution >= 0.6 is 0 Å². The minimum atomic E-state index is 1.04. The van der Waals surface area contributed by atoms with Crippen LogP contribution in [0.5, 0.6) is 0 Å². The Morgan fingerprint density at radius 2 is 2.21 bits per heavy atom. The fraction of sp³-hybridized carbons (Fsp3) is 0.417. The van der Waals surface area contributed by atoms with Gasteiger partial charge >= 0.3 is 0 Å². The lowest BCUT2D eigenvalue weighted by Crippen LogP contribution is -1.92. The molecule has 0 radical (unpaired) electrons. The minimum absolute atomic E-state index is 1.04. The molecule has 1 rings (SSSR count). The van der Waals surface area contributed by atoms with E-state index in [2.05, 4.69) is 25.5 Å². The highest BCUT2D eigenvalue weighted by Gasteiger charge is 2.08. The molecule has 0 spiro atoms. The Morgan fingerprint density at radius 3 is 2.71 bits per heavy atom. The maximum absolute atomic E-state index is 4.52. The largest absolute Gasteiger partial charge is 0.241 e. The van der Waals surface area contributed by atoms with E-state index in [1.807, 2.05) is 30.0 Å². The molecule has 1 heterocycles. The predicted octanol–water partition coefficient (Wildman–Crippen LogP) is 3.28. The second-order valence-corrected chi connectivity index (χ2v) is 3.34. The van der Waals surface area contributed by atoms with Crippen molar-refractivity contribution in [1.82, 2.24) is 9.78 Å². The molecule has 1 aromatic heterocycles. The molecule has 2 nitrogen and oxygen atoms in total. The molecule has 0 bridgehead atoms. The average Bonchev–Trinajstić information content (AvgIpc) is 2.45. The number of allylic oxidation sites excluding steroid dienone is 1. The van der Waals surface area contributed by atoms with Crippen LogP contribution in [0, 0.1) is 6.92 Å². The number of aryl methyl sites for hydroxylation is 1. The highest BCUT2D eigenvalue weighted by molar-refractivity contribution is 5.52. The second kappa shape index (κ2) is 4.80. The summed E-state index contributed by atoms with van der Waals surface area (Å²) in [5.74, 6) is 0. The van der Waals surface area contributed by atoms with E-state index in [0.29, 0.717) is 0 Å². The van der Waals surface area contributed by atoms with Gasteiger partial charge in [-0.15, -0.1) is 0 Å². The van der Waals surface area contributed by atoms with Gasteiger partial charge in [-0.05, 0) is 31.9 Å². The number of rotatable bonds is 4. The molecule has 0 saturated heterocycles. The van der Waals surface area contributed by atoms with Crippen LogP contribution < -0.4 is 0 Å². The van der Waals surface area contributed by atoms with Gasteiger partial charge in [0, 0.05) is 6.20 Å². The smallest absolute Gasteiger partial charge is 0.0687 e. The van der Waals surface area contributed by atoms with Gasteiger partial charge in [-0.25, -0.2) is 4.68 Å². The van der Waals surface area contributed by atoms with Gasteiger partial charge < -0.3 is 0 Å². The number of nitrogens with zero attached hydrogens (tertiary/aromatic N) is 2. The minimum Gasteiger partial charge on any atom is -0.241 e. The highest BCUT2D eigenvalue weighted by atomic mass is 15.3. The Balaban J connectivity index is 3.16. The van der Waals surface area contributed by atoms with Crippen LogP contribution in [0.2, 0.25) is 0 Å². The Kier molecular flexibility index (Phi) is 3.69. The van der Waals surface area contributed by atoms with E-state index in [1.165, 1.54) is 11.3 Å². The van der Waals surface area contributed by atoms with Gasteiger partial charge in [-0.3, -0.25) is 0 Å². The van der Waals surface area contributed by atoms with E-state index >= 15 is 0 Å². The van der Waals surface area contributed by atoms with Gasteiger partial charge in [-0.2, -0.15) is 5.10 Å². The lowest BCUT2D eigenvalue weighted by molar-refractivity contribution is 0.824. The maximum atomic E-state index is 4.52. The van der Waals surface area contributed by atoms with Crippen LogP contribution in [0.3, 0.4) is 0 Å². The lowest BCUT2D eigenvalue weighted by atomic mass is 10.1. The lowest BCUT2D eigenvalue weighted by Gasteiger charge is -1.95. The molecule has 0 fully saturated rings. The highest BCUT2D eigenvalue weighted by Crippen LogP contribution is 2.16. The van der Waals surface area contributed by atoms with Gasteiger partial charge in [0.2, 0.25) is 0 Å². The maximum Gasteiger partial charge on any atom is 0.0687 e. The van der Waals surface area contributed by atoms with Crippen LogP contribution in [0.15, 0.2) is 12.7 Å². The van der Waals surface area contributed by atoms with Gasteiger partial charge in [0.1, 0.15) is 0 Å². The molecule has 76 valence electrons. The summed E-state index contributed by atoms with van der Waals surface area (Å²) in [7, 11) is 0. The topological polar surface area (TPSA) is 17.8 Å². The third-order valence-corrected chi connectivity index (χ3v) is 2.26. The molecule has 0 aromatic carbocycles. The van der Waals surface area contributed by atoms with Gasteiger partial charge in [0.25, 0.3) is 0 Å². The zero-order chi connectivity index (χ0) is 10.6. The van der Waals surface area contributed by atoms with Crippen LogP contribution in [0.1, 0.15) is 37.2 Å². The Bertz CT molecular complexity index is 345. The summed E-state index contributed by atoms with van der Waals surface area (Å²) in [4.78, 5) is 0.